The molecule has 0 bridgehead atoms. The van der Waals surface area contributed by atoms with Crippen molar-refractivity contribution in [3.05, 3.63) is 70.8 Å². The maximum Gasteiger partial charge on any atom is 0.338 e. The monoisotopic (exact) mass is 549 g/mol. The van der Waals surface area contributed by atoms with E-state index in [1.807, 2.05) is 59.7 Å². The Balaban J connectivity index is 1.37. The molecule has 0 aliphatic carbocycles. The third-order valence-corrected chi connectivity index (χ3v) is 7.78. The van der Waals surface area contributed by atoms with Crippen molar-refractivity contribution < 1.29 is 28.7 Å². The number of nitrogens with one attached hydrogen (secondary N) is 1. The smallest absolute Gasteiger partial charge is 0.338 e. The topological polar surface area (TPSA) is 105 Å². The minimum Gasteiger partial charge on any atom is -0.461 e. The van der Waals surface area contributed by atoms with Crippen LogP contribution in [0.1, 0.15) is 72.4 Å². The van der Waals surface area contributed by atoms with Crippen molar-refractivity contribution in [3.8, 4) is 0 Å². The highest BCUT2D eigenvalue weighted by Crippen LogP contribution is 2.45. The number of hydrogen-bond acceptors (Lipinski definition) is 7. The van der Waals surface area contributed by atoms with Crippen LogP contribution in [0.3, 0.4) is 0 Å². The number of ether oxygens (including phenoxy) is 2. The van der Waals surface area contributed by atoms with E-state index in [0.717, 1.165) is 16.0 Å². The largest absolute Gasteiger partial charge is 0.461 e. The van der Waals surface area contributed by atoms with E-state index in [-0.39, 0.29) is 31.6 Å². The minimum atomic E-state index is -1.07. The third kappa shape index (κ3) is 6.04. The predicted octanol–water partition coefficient (Wildman–Crippen LogP) is 4.26. The van der Waals surface area contributed by atoms with Crippen LogP contribution in [0.25, 0.3) is 0 Å². The quantitative estimate of drug-likeness (QED) is 0.387. The lowest BCUT2D eigenvalue weighted by Crippen LogP contribution is -2.70. The van der Waals surface area contributed by atoms with Gasteiger partial charge in [-0.3, -0.25) is 14.6 Å². The molecular formula is C31H39N3O6. The Labute approximate surface area is 235 Å². The number of urea groups is 1. The zero-order chi connectivity index (χ0) is 29.3. The van der Waals surface area contributed by atoms with E-state index >= 15 is 0 Å². The van der Waals surface area contributed by atoms with Gasteiger partial charge < -0.3 is 14.8 Å². The lowest BCUT2D eigenvalue weighted by atomic mass is 9.69. The normalized spacial score (nSPS) is 19.4. The molecule has 2 aromatic carbocycles. The van der Waals surface area contributed by atoms with Crippen LogP contribution in [0.5, 0.6) is 0 Å². The summed E-state index contributed by atoms with van der Waals surface area (Å²) in [5.41, 5.74) is 0.807. The molecule has 40 heavy (non-hydrogen) atoms. The first-order valence-electron chi connectivity index (χ1n) is 13.6. The third-order valence-electron chi connectivity index (χ3n) is 7.78. The molecule has 2 aliphatic heterocycles. The zero-order valence-corrected chi connectivity index (χ0v) is 24.2. The van der Waals surface area contributed by atoms with Crippen LogP contribution in [0.15, 0.2) is 48.5 Å². The molecule has 0 radical (unpaired) electrons. The molecule has 2 aliphatic rings. The average molecular weight is 550 g/mol. The Hall–Kier alpha value is -3.72. The van der Waals surface area contributed by atoms with Crippen LogP contribution in [-0.2, 0) is 14.3 Å². The Kier molecular flexibility index (Phi) is 8.08. The average Bonchev–Trinajstić information content (AvgIpc) is 3.07. The minimum absolute atomic E-state index is 0.0243. The molecule has 2 saturated heterocycles. The van der Waals surface area contributed by atoms with Gasteiger partial charge in [0.1, 0.15) is 18.8 Å². The number of piperidine rings is 1. The Morgan fingerprint density at radius 2 is 1.27 bits per heavy atom. The summed E-state index contributed by atoms with van der Waals surface area (Å²) >= 11 is 0. The van der Waals surface area contributed by atoms with E-state index in [2.05, 4.69) is 10.2 Å². The maximum atomic E-state index is 13.7. The Morgan fingerprint density at radius 3 is 1.75 bits per heavy atom. The number of hydrogen-bond donors (Lipinski definition) is 1. The van der Waals surface area contributed by atoms with E-state index < -0.39 is 28.6 Å². The van der Waals surface area contributed by atoms with Gasteiger partial charge in [0.05, 0.1) is 17.7 Å². The van der Waals surface area contributed by atoms with Crippen molar-refractivity contribution in [3.63, 3.8) is 0 Å². The molecule has 9 nitrogen and oxygen atoms in total. The molecule has 4 rings (SSSR count). The summed E-state index contributed by atoms with van der Waals surface area (Å²) in [5.74, 6) is -1.18. The second-order valence-corrected chi connectivity index (χ2v) is 12.1. The number of imide groups is 1. The van der Waals surface area contributed by atoms with Crippen molar-refractivity contribution in [1.82, 2.24) is 15.1 Å². The van der Waals surface area contributed by atoms with Crippen molar-refractivity contribution in [2.45, 2.75) is 71.0 Å². The SMILES string of the molecule is Cc1cccc(C(=O)OCCN2C(=O)NC3(CC(C)(C)N(CCOC(=O)c4cccc(C)c4)C(C)(C)C3)C2=O)c1. The van der Waals surface area contributed by atoms with Crippen molar-refractivity contribution in [2.24, 2.45) is 0 Å². The lowest BCUT2D eigenvalue weighted by molar-refractivity contribution is -0.141. The second-order valence-electron chi connectivity index (χ2n) is 12.1. The van der Waals surface area contributed by atoms with Crippen molar-refractivity contribution in [1.29, 1.82) is 0 Å². The van der Waals surface area contributed by atoms with Gasteiger partial charge in [-0.25, -0.2) is 14.4 Å². The maximum absolute atomic E-state index is 13.7. The lowest BCUT2D eigenvalue weighted by Gasteiger charge is -2.57. The summed E-state index contributed by atoms with van der Waals surface area (Å²) in [5, 5.41) is 2.96. The summed E-state index contributed by atoms with van der Waals surface area (Å²) in [6.45, 7) is 12.5. The highest BCUT2D eigenvalue weighted by Gasteiger charge is 2.61. The molecule has 0 aromatic heterocycles. The number of carbonyl (C=O) groups excluding carboxylic acids is 4. The van der Waals surface area contributed by atoms with Crippen LogP contribution in [0, 0.1) is 13.8 Å². The van der Waals surface area contributed by atoms with Crippen LogP contribution in [-0.4, -0.2) is 76.6 Å². The fourth-order valence-corrected chi connectivity index (χ4v) is 6.44. The molecule has 1 N–H and O–H groups in total. The second kappa shape index (κ2) is 11.0. The number of amides is 3. The van der Waals surface area contributed by atoms with E-state index in [4.69, 9.17) is 9.47 Å². The van der Waals surface area contributed by atoms with E-state index in [1.165, 1.54) is 0 Å². The summed E-state index contributed by atoms with van der Waals surface area (Å²) in [6.07, 6.45) is 0.777. The number of esters is 2. The van der Waals surface area contributed by atoms with E-state index in [9.17, 15) is 19.2 Å². The summed E-state index contributed by atoms with van der Waals surface area (Å²) < 4.78 is 10.9. The number of benzene rings is 2. The molecule has 214 valence electrons. The van der Waals surface area contributed by atoms with Crippen LogP contribution < -0.4 is 5.32 Å². The van der Waals surface area contributed by atoms with Gasteiger partial charge in [-0.05, 0) is 78.6 Å². The Morgan fingerprint density at radius 1 is 0.800 bits per heavy atom. The molecule has 2 fully saturated rings. The van der Waals surface area contributed by atoms with Crippen molar-refractivity contribution >= 4 is 23.9 Å². The molecule has 3 amide bonds. The van der Waals surface area contributed by atoms with E-state index in [0.29, 0.717) is 30.5 Å². The number of rotatable bonds is 8. The van der Waals surface area contributed by atoms with E-state index in [1.54, 1.807) is 30.3 Å². The highest BCUT2D eigenvalue weighted by molar-refractivity contribution is 6.07. The Bertz CT molecular complexity index is 1300. The first-order valence-corrected chi connectivity index (χ1v) is 13.6. The van der Waals surface area contributed by atoms with Crippen LogP contribution in [0.4, 0.5) is 4.79 Å². The van der Waals surface area contributed by atoms with Gasteiger partial charge >= 0.3 is 18.0 Å². The zero-order valence-electron chi connectivity index (χ0n) is 24.2. The summed E-state index contributed by atoms with van der Waals surface area (Å²) in [6, 6.07) is 13.9. The molecule has 0 saturated carbocycles. The molecule has 2 aromatic rings. The molecule has 2 heterocycles. The van der Waals surface area contributed by atoms with Gasteiger partial charge in [0.15, 0.2) is 0 Å². The van der Waals surface area contributed by atoms with Crippen LogP contribution >= 0.6 is 0 Å². The van der Waals surface area contributed by atoms with Gasteiger partial charge in [0, 0.05) is 17.6 Å². The van der Waals surface area contributed by atoms with Gasteiger partial charge in [-0.2, -0.15) is 0 Å². The molecule has 0 atom stereocenters. The first-order chi connectivity index (χ1) is 18.7. The fraction of sp³-hybridized carbons (Fsp3) is 0.484. The molecule has 0 unspecified atom stereocenters. The first kappa shape index (κ1) is 29.3. The molecule has 9 heteroatoms. The predicted molar refractivity (Wildman–Crippen MR) is 150 cm³/mol. The number of aryl methyl sites for hydroxylation is 2. The fourth-order valence-electron chi connectivity index (χ4n) is 6.44. The summed E-state index contributed by atoms with van der Waals surface area (Å²) in [7, 11) is 0. The molecular weight excluding hydrogens is 510 g/mol. The summed E-state index contributed by atoms with van der Waals surface area (Å²) in [4.78, 5) is 54.9. The van der Waals surface area contributed by atoms with Gasteiger partial charge in [-0.15, -0.1) is 0 Å². The number of likely N-dealkylation sites (tertiary alicyclic amines) is 1. The van der Waals surface area contributed by atoms with Crippen LogP contribution in [0.2, 0.25) is 0 Å². The van der Waals surface area contributed by atoms with Gasteiger partial charge in [0.2, 0.25) is 0 Å². The highest BCUT2D eigenvalue weighted by atomic mass is 16.5. The van der Waals surface area contributed by atoms with Crippen molar-refractivity contribution in [2.75, 3.05) is 26.3 Å². The van der Waals surface area contributed by atoms with Gasteiger partial charge in [-0.1, -0.05) is 35.4 Å². The number of carbonyl (C=O) groups is 4. The number of nitrogens with zero attached hydrogens (tertiary/aromatic N) is 2. The molecule has 1 spiro atoms. The van der Waals surface area contributed by atoms with Gasteiger partial charge in [0.25, 0.3) is 5.91 Å². The standard InChI is InChI=1S/C31H39N3O6/c1-21-9-7-11-23(17-21)25(35)39-15-13-33-27(37)31(32-28(33)38)19-29(3,4)34(30(5,6)20-31)14-16-40-26(36)24-12-8-10-22(2)18-24/h7-12,17-18H,13-16,19-20H2,1-6H3,(H,32,38).